The van der Waals surface area contributed by atoms with E-state index in [2.05, 4.69) is 5.32 Å². The van der Waals surface area contributed by atoms with Gasteiger partial charge in [0.2, 0.25) is 10.9 Å². The predicted octanol–water partition coefficient (Wildman–Crippen LogP) is 8.27. The van der Waals surface area contributed by atoms with Gasteiger partial charge in [0, 0.05) is 31.5 Å². The van der Waals surface area contributed by atoms with Crippen LogP contribution in [0.3, 0.4) is 0 Å². The minimum Gasteiger partial charge on any atom is -0.494 e. The van der Waals surface area contributed by atoms with Crippen LogP contribution in [0.1, 0.15) is 47.4 Å². The highest BCUT2D eigenvalue weighted by Crippen LogP contribution is 2.48. The lowest BCUT2D eigenvalue weighted by atomic mass is 9.89. The van der Waals surface area contributed by atoms with Gasteiger partial charge in [-0.15, -0.1) is 0 Å². The summed E-state index contributed by atoms with van der Waals surface area (Å²) in [6, 6.07) is 34.2. The maximum absolute atomic E-state index is 15.1. The van der Waals surface area contributed by atoms with E-state index >= 15 is 13.2 Å². The monoisotopic (exact) mass is 620 g/mol. The van der Waals surface area contributed by atoms with Gasteiger partial charge >= 0.3 is 6.18 Å². The van der Waals surface area contributed by atoms with Crippen molar-refractivity contribution in [3.63, 3.8) is 0 Å². The fraction of sp³-hybridized carbons (Fsp3) is 0.306. The Morgan fingerprint density at radius 1 is 0.864 bits per heavy atom. The largest absolute Gasteiger partial charge is 0.494 e. The number of amides is 1. The molecule has 1 fully saturated rings. The molecule has 0 bridgehead atoms. The molecule has 0 spiro atoms. The van der Waals surface area contributed by atoms with E-state index < -0.39 is 11.2 Å². The number of hydrogen-bond acceptors (Lipinski definition) is 3. The van der Waals surface area contributed by atoms with Gasteiger partial charge in [-0.1, -0.05) is 115 Å². The average molecular weight is 621 g/mol. The summed E-state index contributed by atoms with van der Waals surface area (Å²) in [6.07, 6.45) is -2.60. The number of nitrogens with one attached hydrogen (secondary N) is 1. The van der Waals surface area contributed by atoms with Crippen molar-refractivity contribution in [1.82, 2.24) is 10.2 Å². The van der Waals surface area contributed by atoms with E-state index in [9.17, 15) is 4.79 Å². The molecule has 1 unspecified atom stereocenters. The molecule has 0 radical (unpaired) electrons. The third-order valence-corrected chi connectivity index (χ3v) is 8.60. The first kappa shape index (κ1) is 31.6. The van der Waals surface area contributed by atoms with Crippen LogP contribution in [0.2, 0.25) is 0 Å². The molecule has 4 aromatic carbocycles. The van der Waals surface area contributed by atoms with E-state index in [1.165, 1.54) is 17.0 Å². The molecule has 0 aliphatic heterocycles. The summed E-state index contributed by atoms with van der Waals surface area (Å²) in [5.41, 5.74) is 2.67. The number of ether oxygens (including phenoxy) is 1. The van der Waals surface area contributed by atoms with Gasteiger partial charge in [0.05, 0.1) is 6.61 Å². The Hall–Kier alpha value is -3.81. The lowest BCUT2D eigenvalue weighted by molar-refractivity contribution is -0.206. The number of alkyl halides is 4. The summed E-state index contributed by atoms with van der Waals surface area (Å²) < 4.78 is 51.2. The zero-order chi connectivity index (χ0) is 31.0. The molecule has 4 nitrogen and oxygen atoms in total. The number of halogens is 4. The van der Waals surface area contributed by atoms with Gasteiger partial charge in [0.25, 0.3) is 0 Å². The molecule has 1 atom stereocenters. The molecule has 1 saturated carbocycles. The Balaban J connectivity index is 1.36. The quantitative estimate of drug-likeness (QED) is 0.0876. The molecule has 0 saturated heterocycles. The molecule has 0 aromatic heterocycles. The van der Waals surface area contributed by atoms with Crippen LogP contribution in [-0.2, 0) is 16.3 Å². The highest BCUT2D eigenvalue weighted by Gasteiger charge is 2.59. The standard InChI is InChI=1S/C36H36ClF3N2O2/c37-35(36(38,39)40,31-17-8-3-9-18-31)42(26-33(28-13-4-1-5-14-28)29-15-6-2-7-16-29)22-11-23-44-32-19-10-12-27(24-32)25-41-34(43)30-20-21-30/h1-10,12-19,24,30,33H,11,20-23,25-26H2,(H,41,43). The lowest BCUT2D eigenvalue weighted by Gasteiger charge is -2.42. The first-order chi connectivity index (χ1) is 21.3. The van der Waals surface area contributed by atoms with Crippen LogP contribution in [0.25, 0.3) is 0 Å². The van der Waals surface area contributed by atoms with Gasteiger partial charge in [0.1, 0.15) is 5.75 Å². The predicted molar refractivity (Wildman–Crippen MR) is 167 cm³/mol. The minimum atomic E-state index is -4.77. The van der Waals surface area contributed by atoms with Crippen molar-refractivity contribution in [2.45, 2.75) is 42.9 Å². The summed E-state index contributed by atoms with van der Waals surface area (Å²) in [5, 5.41) is 2.94. The SMILES string of the molecule is O=C(NCc1cccc(OCCCN(CC(c2ccccc2)c2ccccc2)C(Cl)(c2ccccc2)C(F)(F)F)c1)C1CC1. The van der Waals surface area contributed by atoms with E-state index in [-0.39, 0.29) is 43.0 Å². The first-order valence-corrected chi connectivity index (χ1v) is 15.3. The van der Waals surface area contributed by atoms with Crippen LogP contribution >= 0.6 is 11.6 Å². The molecule has 0 heterocycles. The summed E-state index contributed by atoms with van der Waals surface area (Å²) in [5.74, 6) is 0.429. The van der Waals surface area contributed by atoms with Gasteiger partial charge in [-0.3, -0.25) is 9.69 Å². The van der Waals surface area contributed by atoms with Crippen molar-refractivity contribution in [1.29, 1.82) is 0 Å². The fourth-order valence-electron chi connectivity index (χ4n) is 5.42. The second-order valence-corrected chi connectivity index (χ2v) is 11.7. The van der Waals surface area contributed by atoms with Gasteiger partial charge in [-0.25, -0.2) is 0 Å². The van der Waals surface area contributed by atoms with Gasteiger partial charge in [-0.2, -0.15) is 13.2 Å². The topological polar surface area (TPSA) is 41.6 Å². The molecule has 1 amide bonds. The molecule has 1 aliphatic carbocycles. The average Bonchev–Trinajstić information content (AvgIpc) is 3.90. The van der Waals surface area contributed by atoms with Crippen LogP contribution in [0.5, 0.6) is 5.75 Å². The van der Waals surface area contributed by atoms with Gasteiger partial charge in [0.15, 0.2) is 0 Å². The van der Waals surface area contributed by atoms with Crippen molar-refractivity contribution in [3.8, 4) is 5.75 Å². The Morgan fingerprint density at radius 2 is 1.45 bits per heavy atom. The first-order valence-electron chi connectivity index (χ1n) is 14.9. The second kappa shape index (κ2) is 14.3. The third-order valence-electron chi connectivity index (χ3n) is 7.93. The molecule has 1 aliphatic rings. The van der Waals surface area contributed by atoms with E-state index in [0.29, 0.717) is 18.7 Å². The van der Waals surface area contributed by atoms with Gasteiger partial charge < -0.3 is 10.1 Å². The highest BCUT2D eigenvalue weighted by molar-refractivity contribution is 6.24. The third kappa shape index (κ3) is 7.82. The van der Waals surface area contributed by atoms with E-state index in [4.69, 9.17) is 16.3 Å². The Bertz CT molecular complexity index is 1440. The fourth-order valence-corrected chi connectivity index (χ4v) is 5.70. The van der Waals surface area contributed by atoms with Crippen LogP contribution in [0, 0.1) is 5.92 Å². The Morgan fingerprint density at radius 3 is 2.02 bits per heavy atom. The smallest absolute Gasteiger partial charge is 0.425 e. The molecule has 1 N–H and O–H groups in total. The minimum absolute atomic E-state index is 0.0299. The van der Waals surface area contributed by atoms with Crippen molar-refractivity contribution < 1.29 is 22.7 Å². The molecule has 44 heavy (non-hydrogen) atoms. The molecular weight excluding hydrogens is 585 g/mol. The second-order valence-electron chi connectivity index (χ2n) is 11.1. The summed E-state index contributed by atoms with van der Waals surface area (Å²) in [7, 11) is 0. The molecular formula is C36H36ClF3N2O2. The zero-order valence-corrected chi connectivity index (χ0v) is 25.1. The van der Waals surface area contributed by atoms with Gasteiger partial charge in [-0.05, 0) is 53.6 Å². The van der Waals surface area contributed by atoms with Crippen LogP contribution < -0.4 is 10.1 Å². The Labute approximate surface area is 261 Å². The maximum Gasteiger partial charge on any atom is 0.425 e. The summed E-state index contributed by atoms with van der Waals surface area (Å²) in [4.78, 5) is 10.6. The van der Waals surface area contributed by atoms with Crippen molar-refractivity contribution in [2.75, 3.05) is 19.7 Å². The zero-order valence-electron chi connectivity index (χ0n) is 24.3. The molecule has 230 valence electrons. The molecule has 8 heteroatoms. The number of carbonyl (C=O) groups excluding carboxylic acids is 1. The number of hydrogen-bond donors (Lipinski definition) is 1. The van der Waals surface area contributed by atoms with Crippen molar-refractivity contribution >= 4 is 17.5 Å². The summed E-state index contributed by atoms with van der Waals surface area (Å²) >= 11 is 6.76. The maximum atomic E-state index is 15.1. The van der Waals surface area contributed by atoms with Crippen molar-refractivity contribution in [3.05, 3.63) is 138 Å². The molecule has 5 rings (SSSR count). The van der Waals surface area contributed by atoms with Crippen molar-refractivity contribution in [2.24, 2.45) is 5.92 Å². The van der Waals surface area contributed by atoms with Crippen LogP contribution in [-0.4, -0.2) is 36.7 Å². The van der Waals surface area contributed by atoms with E-state index in [1.54, 1.807) is 24.3 Å². The number of rotatable bonds is 14. The van der Waals surface area contributed by atoms with E-state index in [0.717, 1.165) is 29.5 Å². The number of nitrogens with zero attached hydrogens (tertiary/aromatic N) is 1. The molecule has 4 aromatic rings. The normalized spacial score (nSPS) is 14.8. The lowest BCUT2D eigenvalue weighted by Crippen LogP contribution is -2.54. The van der Waals surface area contributed by atoms with Crippen LogP contribution in [0.15, 0.2) is 115 Å². The summed E-state index contributed by atoms with van der Waals surface area (Å²) in [6.45, 7) is 0.654. The van der Waals surface area contributed by atoms with Crippen LogP contribution in [0.4, 0.5) is 13.2 Å². The number of carbonyl (C=O) groups is 1. The highest BCUT2D eigenvalue weighted by atomic mass is 35.5. The Kier molecular flexibility index (Phi) is 10.3. The van der Waals surface area contributed by atoms with E-state index in [1.807, 2.05) is 78.9 Å². The number of benzene rings is 4.